The van der Waals surface area contributed by atoms with Gasteiger partial charge in [-0.15, -0.1) is 11.3 Å². The molecule has 1 saturated heterocycles. The molecule has 0 aromatic carbocycles. The third-order valence-electron chi connectivity index (χ3n) is 3.96. The van der Waals surface area contributed by atoms with Gasteiger partial charge in [-0.05, 0) is 13.8 Å². The van der Waals surface area contributed by atoms with Gasteiger partial charge in [0, 0.05) is 12.4 Å². The summed E-state index contributed by atoms with van der Waals surface area (Å²) in [5.74, 6) is -4.81. The fraction of sp³-hybridized carbons (Fsp3) is 0.429. The molecule has 170 valence electrons. The number of rotatable bonds is 8. The second-order valence-corrected chi connectivity index (χ2v) is 8.72. The molecule has 1 fully saturated rings. The van der Waals surface area contributed by atoms with E-state index in [0.717, 1.165) is 32.2 Å². The number of nitrogen functional groups attached to an aromatic ring is 1. The molecular weight excluding hydrogens is 460 g/mol. The highest BCUT2D eigenvalue weighted by Crippen LogP contribution is 2.24. The number of aliphatic carboxylic acids is 1. The maximum atomic E-state index is 12.7. The van der Waals surface area contributed by atoms with Gasteiger partial charge >= 0.3 is 16.3 Å². The first kappa shape index (κ1) is 24.0. The summed E-state index contributed by atoms with van der Waals surface area (Å²) in [7, 11) is -3.92. The Labute approximate surface area is 179 Å². The number of thiazole rings is 1. The summed E-state index contributed by atoms with van der Waals surface area (Å²) in [6.45, 7) is 2.32. The smallest absolute Gasteiger partial charge is 0.363 e. The average molecular weight is 478 g/mol. The number of anilines is 1. The van der Waals surface area contributed by atoms with Crippen LogP contribution in [0.25, 0.3) is 0 Å². The molecule has 2 heterocycles. The summed E-state index contributed by atoms with van der Waals surface area (Å²) in [6, 6.07) is -3.45. The minimum atomic E-state index is -5.07. The maximum absolute atomic E-state index is 12.7. The third-order valence-corrected chi connectivity index (χ3v) is 5.54. The zero-order chi connectivity index (χ0) is 23.7. The van der Waals surface area contributed by atoms with Crippen molar-refractivity contribution in [1.82, 2.24) is 19.9 Å². The second-order valence-electron chi connectivity index (χ2n) is 6.54. The standard InChI is InChI=1S/C14H18N6O9S2/c1-14(2,12(24)25)29-19-6(5-4-30-13(15)17-5)9(21)18-7-8(10(22)16-3)20(11(7)23)31(26,27)28/h4,7-8H,1-3H3,(H2,15,17)(H,16,22)(H,18,21)(H,24,25)(H,26,27,28). The van der Waals surface area contributed by atoms with E-state index in [0.29, 0.717) is 0 Å². The van der Waals surface area contributed by atoms with Gasteiger partial charge in [-0.3, -0.25) is 18.9 Å². The second kappa shape index (κ2) is 8.44. The third kappa shape index (κ3) is 4.89. The van der Waals surface area contributed by atoms with Crippen LogP contribution < -0.4 is 16.4 Å². The quantitative estimate of drug-likeness (QED) is 0.114. The van der Waals surface area contributed by atoms with Gasteiger partial charge in [-0.1, -0.05) is 5.16 Å². The molecule has 1 aromatic heterocycles. The SMILES string of the molecule is CNC(=O)C1C(NC(=O)C(=NOC(C)(C)C(=O)O)c2csc(N)n2)C(=O)N1S(=O)(=O)O. The van der Waals surface area contributed by atoms with E-state index in [-0.39, 0.29) is 15.1 Å². The lowest BCUT2D eigenvalue weighted by Gasteiger charge is -2.42. The fourth-order valence-electron chi connectivity index (χ4n) is 2.28. The van der Waals surface area contributed by atoms with Crippen LogP contribution >= 0.6 is 11.3 Å². The van der Waals surface area contributed by atoms with Gasteiger partial charge in [0.05, 0.1) is 0 Å². The molecule has 0 radical (unpaired) electrons. The Hall–Kier alpha value is -3.31. The summed E-state index contributed by atoms with van der Waals surface area (Å²) < 4.78 is 31.8. The van der Waals surface area contributed by atoms with Gasteiger partial charge in [0.25, 0.3) is 11.8 Å². The van der Waals surface area contributed by atoms with Gasteiger partial charge in [0.2, 0.25) is 11.5 Å². The van der Waals surface area contributed by atoms with Crippen LogP contribution in [-0.2, 0) is 34.3 Å². The number of oxime groups is 1. The first-order chi connectivity index (χ1) is 14.2. The minimum absolute atomic E-state index is 0.0356. The Balaban J connectivity index is 2.36. The Morgan fingerprint density at radius 3 is 2.45 bits per heavy atom. The Morgan fingerprint density at radius 2 is 2.00 bits per heavy atom. The number of likely N-dealkylation sites (N-methyl/N-ethyl adjacent to an activating group) is 1. The molecule has 2 rings (SSSR count). The molecule has 17 heteroatoms. The number of carboxylic acid groups (broad SMARTS) is 1. The summed E-state index contributed by atoms with van der Waals surface area (Å²) in [6.07, 6.45) is 0. The van der Waals surface area contributed by atoms with Crippen molar-refractivity contribution in [2.45, 2.75) is 31.5 Å². The van der Waals surface area contributed by atoms with Gasteiger partial charge < -0.3 is 26.3 Å². The van der Waals surface area contributed by atoms with Crippen LogP contribution in [0.2, 0.25) is 0 Å². The van der Waals surface area contributed by atoms with Gasteiger partial charge in [0.15, 0.2) is 16.9 Å². The molecule has 6 N–H and O–H groups in total. The molecule has 0 saturated carbocycles. The number of carbonyl (C=O) groups is 4. The van der Waals surface area contributed by atoms with Crippen LogP contribution in [0.3, 0.4) is 0 Å². The number of amides is 3. The van der Waals surface area contributed by atoms with Crippen molar-refractivity contribution in [3.05, 3.63) is 11.1 Å². The van der Waals surface area contributed by atoms with E-state index < -0.39 is 57.4 Å². The van der Waals surface area contributed by atoms with E-state index in [4.69, 9.17) is 20.2 Å². The average Bonchev–Trinajstić information content (AvgIpc) is 3.07. The monoisotopic (exact) mass is 478 g/mol. The number of aromatic nitrogens is 1. The zero-order valence-corrected chi connectivity index (χ0v) is 17.9. The number of nitrogens with two attached hydrogens (primary N) is 1. The number of hydrogen-bond acceptors (Lipinski definition) is 11. The molecule has 31 heavy (non-hydrogen) atoms. The fourth-order valence-corrected chi connectivity index (χ4v) is 3.67. The first-order valence-electron chi connectivity index (χ1n) is 8.24. The zero-order valence-electron chi connectivity index (χ0n) is 16.2. The lowest BCUT2D eigenvalue weighted by atomic mass is 9.97. The highest BCUT2D eigenvalue weighted by Gasteiger charge is 2.57. The topological polar surface area (TPSA) is 231 Å². The number of nitrogens with one attached hydrogen (secondary N) is 2. The van der Waals surface area contributed by atoms with Crippen molar-refractivity contribution in [3.63, 3.8) is 0 Å². The molecule has 2 atom stereocenters. The molecule has 1 aliphatic heterocycles. The van der Waals surface area contributed by atoms with E-state index in [1.165, 1.54) is 5.38 Å². The number of β-lactam (4-membered cyclic amide) rings is 1. The van der Waals surface area contributed by atoms with Crippen molar-refractivity contribution in [2.24, 2.45) is 5.16 Å². The first-order valence-corrected chi connectivity index (χ1v) is 10.5. The number of nitrogens with zero attached hydrogens (tertiary/aromatic N) is 3. The van der Waals surface area contributed by atoms with Crippen molar-refractivity contribution in [3.8, 4) is 0 Å². The van der Waals surface area contributed by atoms with E-state index in [1.807, 2.05) is 0 Å². The Morgan fingerprint density at radius 1 is 1.39 bits per heavy atom. The largest absolute Gasteiger partial charge is 0.478 e. The Kier molecular flexibility index (Phi) is 6.52. The highest BCUT2D eigenvalue weighted by molar-refractivity contribution is 7.84. The van der Waals surface area contributed by atoms with Crippen molar-refractivity contribution >= 4 is 56.2 Å². The number of carboxylic acids is 1. The van der Waals surface area contributed by atoms with Crippen molar-refractivity contribution < 1.29 is 42.1 Å². The van der Waals surface area contributed by atoms with E-state index in [1.54, 1.807) is 0 Å². The van der Waals surface area contributed by atoms with E-state index >= 15 is 0 Å². The van der Waals surface area contributed by atoms with Crippen LogP contribution in [0, 0.1) is 0 Å². The highest BCUT2D eigenvalue weighted by atomic mass is 32.2. The predicted molar refractivity (Wildman–Crippen MR) is 104 cm³/mol. The number of hydrogen-bond donors (Lipinski definition) is 5. The van der Waals surface area contributed by atoms with Crippen LogP contribution in [0.1, 0.15) is 19.5 Å². The predicted octanol–water partition coefficient (Wildman–Crippen LogP) is -2.45. The maximum Gasteiger partial charge on any atom is 0.363 e. The number of carbonyl (C=O) groups excluding carboxylic acids is 3. The van der Waals surface area contributed by atoms with Crippen molar-refractivity contribution in [1.29, 1.82) is 0 Å². The van der Waals surface area contributed by atoms with E-state index in [2.05, 4.69) is 20.8 Å². The molecule has 0 bridgehead atoms. The molecule has 1 aliphatic rings. The lowest BCUT2D eigenvalue weighted by Crippen LogP contribution is -2.76. The molecule has 1 aromatic rings. The molecule has 0 aliphatic carbocycles. The Bertz CT molecular complexity index is 1060. The van der Waals surface area contributed by atoms with Crippen LogP contribution in [0.4, 0.5) is 5.13 Å². The molecular formula is C14H18N6O9S2. The minimum Gasteiger partial charge on any atom is -0.478 e. The summed E-state index contributed by atoms with van der Waals surface area (Å²) in [4.78, 5) is 56.8. The normalized spacial score (nSPS) is 19.4. The van der Waals surface area contributed by atoms with Gasteiger partial charge in [-0.25, -0.2) is 9.78 Å². The van der Waals surface area contributed by atoms with Gasteiger partial charge in [0.1, 0.15) is 11.7 Å². The van der Waals surface area contributed by atoms with E-state index in [9.17, 15) is 27.6 Å². The van der Waals surface area contributed by atoms with Gasteiger partial charge in [-0.2, -0.15) is 12.7 Å². The summed E-state index contributed by atoms with van der Waals surface area (Å²) in [5.41, 5.74) is 2.97. The van der Waals surface area contributed by atoms with Crippen molar-refractivity contribution in [2.75, 3.05) is 12.8 Å². The lowest BCUT2D eigenvalue weighted by molar-refractivity contribution is -0.161. The summed E-state index contributed by atoms with van der Waals surface area (Å²) in [5, 5.41) is 18.2. The van der Waals surface area contributed by atoms with Crippen LogP contribution in [0.15, 0.2) is 10.5 Å². The summed E-state index contributed by atoms with van der Waals surface area (Å²) >= 11 is 0.924. The molecule has 0 spiro atoms. The molecule has 2 unspecified atom stereocenters. The molecule has 15 nitrogen and oxygen atoms in total. The van der Waals surface area contributed by atoms with Crippen LogP contribution in [0.5, 0.6) is 0 Å². The molecule has 3 amide bonds. The van der Waals surface area contributed by atoms with Crippen LogP contribution in [-0.4, -0.2) is 81.5 Å².